The summed E-state index contributed by atoms with van der Waals surface area (Å²) in [5.41, 5.74) is 4.04. The number of methoxy groups -OCH3 is 1. The van der Waals surface area contributed by atoms with Gasteiger partial charge in [-0.25, -0.2) is 9.82 Å². The van der Waals surface area contributed by atoms with E-state index in [4.69, 9.17) is 14.2 Å². The second-order valence-electron chi connectivity index (χ2n) is 5.83. The van der Waals surface area contributed by atoms with Crippen LogP contribution in [0.2, 0.25) is 0 Å². The van der Waals surface area contributed by atoms with Gasteiger partial charge in [0, 0.05) is 10.4 Å². The lowest BCUT2D eigenvalue weighted by molar-refractivity contribution is 0.0959. The van der Waals surface area contributed by atoms with Crippen LogP contribution in [0.5, 0.6) is 17.2 Å². The van der Waals surface area contributed by atoms with Crippen LogP contribution in [0.4, 0.5) is 4.39 Å². The SMILES string of the molecule is COc1cc(/C=N\NC(=O)c2ccc(-c3ccc(F)cc3)s2)cc2c1OCO2. The highest BCUT2D eigenvalue weighted by Gasteiger charge is 2.19. The summed E-state index contributed by atoms with van der Waals surface area (Å²) in [5.74, 6) is 1.02. The predicted molar refractivity (Wildman–Crippen MR) is 104 cm³/mol. The van der Waals surface area contributed by atoms with Gasteiger partial charge in [-0.15, -0.1) is 11.3 Å². The van der Waals surface area contributed by atoms with E-state index in [2.05, 4.69) is 10.5 Å². The van der Waals surface area contributed by atoms with Crippen molar-refractivity contribution in [3.8, 4) is 27.7 Å². The summed E-state index contributed by atoms with van der Waals surface area (Å²) in [6.07, 6.45) is 1.50. The molecule has 0 unspecified atom stereocenters. The fourth-order valence-electron chi connectivity index (χ4n) is 2.67. The standard InChI is InChI=1S/C20H15FN2O4S/c1-25-15-8-12(9-16-19(15)27-11-26-16)10-22-23-20(24)18-7-6-17(28-18)13-2-4-14(21)5-3-13/h2-10H,11H2,1H3,(H,23,24)/b22-10-. The molecule has 2 aromatic carbocycles. The van der Waals surface area contributed by atoms with Crippen molar-refractivity contribution in [2.24, 2.45) is 5.10 Å². The maximum Gasteiger partial charge on any atom is 0.281 e. The van der Waals surface area contributed by atoms with Crippen LogP contribution in [-0.2, 0) is 0 Å². The lowest BCUT2D eigenvalue weighted by atomic mass is 10.2. The van der Waals surface area contributed by atoms with Gasteiger partial charge in [0.2, 0.25) is 12.5 Å². The highest BCUT2D eigenvalue weighted by Crippen LogP contribution is 2.41. The molecule has 28 heavy (non-hydrogen) atoms. The number of carbonyl (C=O) groups is 1. The van der Waals surface area contributed by atoms with Gasteiger partial charge in [-0.3, -0.25) is 4.79 Å². The predicted octanol–water partition coefficient (Wildman–Crippen LogP) is 4.06. The molecular weight excluding hydrogens is 383 g/mol. The van der Waals surface area contributed by atoms with E-state index in [1.54, 1.807) is 30.3 Å². The number of ether oxygens (including phenoxy) is 3. The van der Waals surface area contributed by atoms with Gasteiger partial charge in [-0.05, 0) is 42.0 Å². The molecule has 8 heteroatoms. The number of fused-ring (bicyclic) bond motifs is 1. The highest BCUT2D eigenvalue weighted by atomic mass is 32.1. The van der Waals surface area contributed by atoms with E-state index in [-0.39, 0.29) is 18.5 Å². The van der Waals surface area contributed by atoms with Gasteiger partial charge in [0.25, 0.3) is 5.91 Å². The topological polar surface area (TPSA) is 69.2 Å². The number of carbonyl (C=O) groups excluding carboxylic acids is 1. The van der Waals surface area contributed by atoms with Crippen molar-refractivity contribution >= 4 is 23.5 Å². The molecule has 0 spiro atoms. The van der Waals surface area contributed by atoms with Gasteiger partial charge >= 0.3 is 0 Å². The van der Waals surface area contributed by atoms with Crippen LogP contribution in [0.3, 0.4) is 0 Å². The number of halogens is 1. The second kappa shape index (κ2) is 7.69. The number of thiophene rings is 1. The van der Waals surface area contributed by atoms with Crippen molar-refractivity contribution in [1.29, 1.82) is 0 Å². The Kier molecular flexibility index (Phi) is 4.94. The van der Waals surface area contributed by atoms with Gasteiger partial charge < -0.3 is 14.2 Å². The molecule has 0 saturated carbocycles. The molecule has 4 rings (SSSR count). The fourth-order valence-corrected chi connectivity index (χ4v) is 3.58. The Morgan fingerprint density at radius 2 is 2.04 bits per heavy atom. The Morgan fingerprint density at radius 3 is 2.82 bits per heavy atom. The number of hydrogen-bond donors (Lipinski definition) is 1. The molecule has 2 heterocycles. The third-order valence-corrected chi connectivity index (χ3v) is 5.15. The summed E-state index contributed by atoms with van der Waals surface area (Å²) < 4.78 is 29.0. The number of nitrogens with zero attached hydrogens (tertiary/aromatic N) is 1. The van der Waals surface area contributed by atoms with Gasteiger partial charge in [0.1, 0.15) is 5.82 Å². The monoisotopic (exact) mass is 398 g/mol. The van der Waals surface area contributed by atoms with E-state index >= 15 is 0 Å². The normalized spacial score (nSPS) is 12.4. The molecule has 6 nitrogen and oxygen atoms in total. The Labute approximate surface area is 164 Å². The molecule has 3 aromatic rings. The average Bonchev–Trinajstić information content (AvgIpc) is 3.37. The number of benzene rings is 2. The van der Waals surface area contributed by atoms with Crippen molar-refractivity contribution in [3.05, 3.63) is 64.8 Å². The van der Waals surface area contributed by atoms with Crippen LogP contribution >= 0.6 is 11.3 Å². The van der Waals surface area contributed by atoms with Crippen LogP contribution in [0.25, 0.3) is 10.4 Å². The Bertz CT molecular complexity index is 1050. The number of nitrogens with one attached hydrogen (secondary N) is 1. The van der Waals surface area contributed by atoms with Crippen LogP contribution in [-0.4, -0.2) is 26.0 Å². The lowest BCUT2D eigenvalue weighted by Gasteiger charge is -2.05. The van der Waals surface area contributed by atoms with Crippen LogP contribution in [0, 0.1) is 5.82 Å². The molecule has 0 atom stereocenters. The molecule has 142 valence electrons. The molecule has 1 aromatic heterocycles. The van der Waals surface area contributed by atoms with Crippen molar-refractivity contribution in [2.45, 2.75) is 0 Å². The van der Waals surface area contributed by atoms with Gasteiger partial charge in [0.05, 0.1) is 18.2 Å². The van der Waals surface area contributed by atoms with Crippen LogP contribution < -0.4 is 19.6 Å². The number of hydrogen-bond acceptors (Lipinski definition) is 6. The van der Waals surface area contributed by atoms with Crippen LogP contribution in [0.1, 0.15) is 15.2 Å². The molecular formula is C20H15FN2O4S. The molecule has 1 aliphatic rings. The molecule has 0 bridgehead atoms. The van der Waals surface area contributed by atoms with Crippen LogP contribution in [0.15, 0.2) is 53.6 Å². The maximum absolute atomic E-state index is 13.0. The minimum atomic E-state index is -0.331. The summed E-state index contributed by atoms with van der Waals surface area (Å²) >= 11 is 1.30. The molecule has 0 aliphatic carbocycles. The first-order valence-corrected chi connectivity index (χ1v) is 9.12. The molecule has 0 saturated heterocycles. The molecule has 1 amide bonds. The Hall–Kier alpha value is -3.39. The highest BCUT2D eigenvalue weighted by molar-refractivity contribution is 7.17. The van der Waals surface area contributed by atoms with Crippen molar-refractivity contribution in [2.75, 3.05) is 13.9 Å². The summed E-state index contributed by atoms with van der Waals surface area (Å²) in [6, 6.07) is 13.1. The maximum atomic E-state index is 13.0. The fraction of sp³-hybridized carbons (Fsp3) is 0.100. The number of rotatable bonds is 5. The van der Waals surface area contributed by atoms with Crippen molar-refractivity contribution in [3.63, 3.8) is 0 Å². The third kappa shape index (κ3) is 3.67. The molecule has 1 N–H and O–H groups in total. The minimum Gasteiger partial charge on any atom is -0.493 e. The van der Waals surface area contributed by atoms with E-state index in [0.717, 1.165) is 10.4 Å². The van der Waals surface area contributed by atoms with E-state index in [0.29, 0.717) is 27.7 Å². The third-order valence-electron chi connectivity index (χ3n) is 4.02. The quantitative estimate of drug-likeness (QED) is 0.520. The number of amides is 1. The van der Waals surface area contributed by atoms with Gasteiger partial charge in [-0.1, -0.05) is 12.1 Å². The van der Waals surface area contributed by atoms with E-state index in [9.17, 15) is 9.18 Å². The summed E-state index contributed by atoms with van der Waals surface area (Å²) in [7, 11) is 1.54. The second-order valence-corrected chi connectivity index (χ2v) is 6.91. The van der Waals surface area contributed by atoms with E-state index in [1.807, 2.05) is 6.07 Å². The van der Waals surface area contributed by atoms with E-state index < -0.39 is 0 Å². The first-order valence-electron chi connectivity index (χ1n) is 8.31. The first kappa shape index (κ1) is 18.0. The van der Waals surface area contributed by atoms with Gasteiger partial charge in [0.15, 0.2) is 11.5 Å². The van der Waals surface area contributed by atoms with Crippen molar-refractivity contribution < 1.29 is 23.4 Å². The van der Waals surface area contributed by atoms with E-state index in [1.165, 1.54) is 36.8 Å². The summed E-state index contributed by atoms with van der Waals surface area (Å²) in [5, 5.41) is 3.99. The Morgan fingerprint density at radius 1 is 1.21 bits per heavy atom. The molecule has 0 fully saturated rings. The zero-order valence-electron chi connectivity index (χ0n) is 14.8. The van der Waals surface area contributed by atoms with Crippen molar-refractivity contribution in [1.82, 2.24) is 5.43 Å². The lowest BCUT2D eigenvalue weighted by Crippen LogP contribution is -2.16. The largest absolute Gasteiger partial charge is 0.493 e. The average molecular weight is 398 g/mol. The minimum absolute atomic E-state index is 0.137. The van der Waals surface area contributed by atoms with Gasteiger partial charge in [-0.2, -0.15) is 5.10 Å². The summed E-state index contributed by atoms with van der Waals surface area (Å²) in [6.45, 7) is 0.137. The molecule has 1 aliphatic heterocycles. The molecule has 0 radical (unpaired) electrons. The first-order chi connectivity index (χ1) is 13.6. The zero-order valence-corrected chi connectivity index (χ0v) is 15.6. The summed E-state index contributed by atoms with van der Waals surface area (Å²) in [4.78, 5) is 13.7. The number of hydrazone groups is 1. The smallest absolute Gasteiger partial charge is 0.281 e. The Balaban J connectivity index is 1.44. The zero-order chi connectivity index (χ0) is 19.5.